The second-order valence-corrected chi connectivity index (χ2v) is 9.94. The van der Waals surface area contributed by atoms with Crippen LogP contribution < -0.4 is 3.82 Å². The van der Waals surface area contributed by atoms with Gasteiger partial charge in [-0.3, -0.25) is 4.79 Å². The van der Waals surface area contributed by atoms with Crippen LogP contribution in [-0.4, -0.2) is 25.7 Å². The highest BCUT2D eigenvalue weighted by Crippen LogP contribution is 2.35. The van der Waals surface area contributed by atoms with Crippen molar-refractivity contribution < 1.29 is 35.5 Å². The third kappa shape index (κ3) is 5.49. The number of carbonyl (C=O) groups excluding carboxylic acids is 1. The van der Waals surface area contributed by atoms with E-state index in [4.69, 9.17) is 21.8 Å². The molecule has 2 aromatic carbocycles. The molecule has 0 spiro atoms. The third-order valence-electron chi connectivity index (χ3n) is 3.98. The molecule has 0 bridgehead atoms. The van der Waals surface area contributed by atoms with Crippen LogP contribution in [0.15, 0.2) is 24.3 Å². The third-order valence-corrected chi connectivity index (χ3v) is 6.05. The molecule has 0 aliphatic rings. The number of anilines is 1. The van der Waals surface area contributed by atoms with Gasteiger partial charge in [-0.15, -0.1) is 0 Å². The Balaban J connectivity index is 2.55. The summed E-state index contributed by atoms with van der Waals surface area (Å²) in [5, 5.41) is 9.12. The molecule has 0 aliphatic carbocycles. The molecule has 0 fully saturated rings. The number of sulfonamides is 1. The predicted octanol–water partition coefficient (Wildman–Crippen LogP) is 4.34. The van der Waals surface area contributed by atoms with E-state index in [1.54, 1.807) is 6.07 Å². The molecule has 0 saturated carbocycles. The zero-order valence-electron chi connectivity index (χ0n) is 17.0. The highest BCUT2D eigenvalue weighted by Gasteiger charge is 2.35. The zero-order valence-corrected chi connectivity index (χ0v) is 18.6. The number of ether oxygens (including phenoxy) is 1. The standard InChI is InChI=1S/C20H17ClF4N2O4S/c1-20(2,3)31-14(28)10-32(29,30)27(21)19-16(23)13(15(22)17(24)18(19)25)8-11-6-4-5-7-12(11)9-26/h4-7H,8,10H2,1-3H3. The van der Waals surface area contributed by atoms with Gasteiger partial charge in [-0.1, -0.05) is 18.2 Å². The SMILES string of the molecule is CC(C)(C)OC(=O)CS(=O)(=O)N(Cl)c1c(F)c(F)c(F)c(Cc2ccccc2C#N)c1F. The summed E-state index contributed by atoms with van der Waals surface area (Å²) in [5.41, 5.74) is -3.66. The molecule has 6 nitrogen and oxygen atoms in total. The van der Waals surface area contributed by atoms with E-state index in [0.717, 1.165) is 0 Å². The number of hydrogen-bond acceptors (Lipinski definition) is 5. The van der Waals surface area contributed by atoms with Gasteiger partial charge in [0.05, 0.1) is 11.6 Å². The van der Waals surface area contributed by atoms with Gasteiger partial charge in [0.1, 0.15) is 11.3 Å². The molecular formula is C20H17ClF4N2O4S. The van der Waals surface area contributed by atoms with E-state index in [1.807, 2.05) is 0 Å². The fourth-order valence-corrected chi connectivity index (χ4v) is 3.87. The van der Waals surface area contributed by atoms with Crippen LogP contribution in [-0.2, 0) is 26.0 Å². The average molecular weight is 493 g/mol. The first-order chi connectivity index (χ1) is 14.7. The summed E-state index contributed by atoms with van der Waals surface area (Å²) in [6, 6.07) is 7.39. The van der Waals surface area contributed by atoms with E-state index in [1.165, 1.54) is 45.0 Å². The number of rotatable bonds is 6. The van der Waals surface area contributed by atoms with Gasteiger partial charge in [-0.25, -0.2) is 26.0 Å². The maximum absolute atomic E-state index is 15.0. The summed E-state index contributed by atoms with van der Waals surface area (Å²) in [4.78, 5) is 11.8. The van der Waals surface area contributed by atoms with Crippen LogP contribution in [0, 0.1) is 34.6 Å². The minimum absolute atomic E-state index is 0.0119. The molecule has 32 heavy (non-hydrogen) atoms. The van der Waals surface area contributed by atoms with Crippen molar-refractivity contribution in [3.05, 3.63) is 64.2 Å². The number of esters is 1. The van der Waals surface area contributed by atoms with Gasteiger partial charge in [0, 0.05) is 23.8 Å². The van der Waals surface area contributed by atoms with Crippen LogP contribution in [0.3, 0.4) is 0 Å². The molecule has 0 N–H and O–H groups in total. The molecule has 2 aromatic rings. The van der Waals surface area contributed by atoms with E-state index in [2.05, 4.69) is 0 Å². The molecule has 0 saturated heterocycles. The quantitative estimate of drug-likeness (QED) is 0.197. The second-order valence-electron chi connectivity index (χ2n) is 7.59. The minimum atomic E-state index is -4.96. The normalized spacial score (nSPS) is 11.7. The maximum atomic E-state index is 15.0. The zero-order chi connectivity index (χ0) is 24.4. The van der Waals surface area contributed by atoms with Gasteiger partial charge in [0.2, 0.25) is 0 Å². The van der Waals surface area contributed by atoms with Crippen molar-refractivity contribution in [2.45, 2.75) is 32.8 Å². The summed E-state index contributed by atoms with van der Waals surface area (Å²) in [7, 11) is -4.96. The van der Waals surface area contributed by atoms with Crippen molar-refractivity contribution in [3.8, 4) is 6.07 Å². The van der Waals surface area contributed by atoms with Gasteiger partial charge in [-0.2, -0.15) is 9.09 Å². The molecule has 12 heteroatoms. The lowest BCUT2D eigenvalue weighted by atomic mass is 9.99. The topological polar surface area (TPSA) is 87.5 Å². The molecular weight excluding hydrogens is 476 g/mol. The first kappa shape index (κ1) is 25.4. The van der Waals surface area contributed by atoms with Gasteiger partial charge < -0.3 is 4.74 Å². The van der Waals surface area contributed by atoms with Crippen LogP contribution in [0.2, 0.25) is 0 Å². The second kappa shape index (κ2) is 9.34. The molecule has 172 valence electrons. The number of nitriles is 1. The number of halogens is 5. The molecule has 0 amide bonds. The summed E-state index contributed by atoms with van der Waals surface area (Å²) < 4.78 is 87.1. The molecule has 0 radical (unpaired) electrons. The Bertz CT molecular complexity index is 1210. The van der Waals surface area contributed by atoms with Crippen LogP contribution in [0.25, 0.3) is 0 Å². The van der Waals surface area contributed by atoms with E-state index < -0.39 is 72.1 Å². The van der Waals surface area contributed by atoms with Gasteiger partial charge >= 0.3 is 5.97 Å². The molecule has 0 atom stereocenters. The van der Waals surface area contributed by atoms with Crippen molar-refractivity contribution in [1.29, 1.82) is 5.26 Å². The van der Waals surface area contributed by atoms with Crippen molar-refractivity contribution in [1.82, 2.24) is 0 Å². The number of nitrogens with zero attached hydrogens (tertiary/aromatic N) is 2. The summed E-state index contributed by atoms with van der Waals surface area (Å²) in [5.74, 6) is -10.8. The average Bonchev–Trinajstić information content (AvgIpc) is 2.68. The lowest BCUT2D eigenvalue weighted by molar-refractivity contribution is -0.151. The van der Waals surface area contributed by atoms with E-state index in [-0.39, 0.29) is 11.1 Å². The van der Waals surface area contributed by atoms with Crippen LogP contribution >= 0.6 is 11.8 Å². The molecule has 0 aliphatic heterocycles. The molecule has 2 rings (SSSR count). The first-order valence-electron chi connectivity index (χ1n) is 8.93. The van der Waals surface area contributed by atoms with Crippen LogP contribution in [0.1, 0.15) is 37.5 Å². The van der Waals surface area contributed by atoms with Gasteiger partial charge in [-0.05, 0) is 32.4 Å². The molecule has 0 aromatic heterocycles. The summed E-state index contributed by atoms with van der Waals surface area (Å²) >= 11 is 5.60. The Morgan fingerprint density at radius 2 is 1.69 bits per heavy atom. The predicted molar refractivity (Wildman–Crippen MR) is 108 cm³/mol. The van der Waals surface area contributed by atoms with Crippen LogP contribution in [0.4, 0.5) is 23.2 Å². The fraction of sp³-hybridized carbons (Fsp3) is 0.300. The Morgan fingerprint density at radius 3 is 2.25 bits per heavy atom. The number of hydrogen-bond donors (Lipinski definition) is 0. The number of benzene rings is 2. The van der Waals surface area contributed by atoms with Crippen molar-refractivity contribution >= 4 is 33.5 Å². The molecule has 0 heterocycles. The Morgan fingerprint density at radius 1 is 1.09 bits per heavy atom. The van der Waals surface area contributed by atoms with Gasteiger partial charge in [0.15, 0.2) is 29.0 Å². The lowest BCUT2D eigenvalue weighted by Gasteiger charge is -2.22. The summed E-state index contributed by atoms with van der Waals surface area (Å²) in [6.07, 6.45) is -0.706. The van der Waals surface area contributed by atoms with Crippen molar-refractivity contribution in [3.63, 3.8) is 0 Å². The Hall–Kier alpha value is -2.84. The monoisotopic (exact) mass is 492 g/mol. The number of carbonyl (C=O) groups is 1. The Kier molecular flexibility index (Phi) is 7.42. The van der Waals surface area contributed by atoms with Crippen LogP contribution in [0.5, 0.6) is 0 Å². The van der Waals surface area contributed by atoms with E-state index >= 15 is 4.39 Å². The lowest BCUT2D eigenvalue weighted by Crippen LogP contribution is -2.34. The van der Waals surface area contributed by atoms with E-state index in [0.29, 0.717) is 0 Å². The van der Waals surface area contributed by atoms with Crippen molar-refractivity contribution in [2.24, 2.45) is 0 Å². The Labute approximate surface area is 187 Å². The van der Waals surface area contributed by atoms with E-state index in [9.17, 15) is 26.4 Å². The fourth-order valence-electron chi connectivity index (χ4n) is 2.67. The first-order valence-corrected chi connectivity index (χ1v) is 10.9. The highest BCUT2D eigenvalue weighted by atomic mass is 35.5. The minimum Gasteiger partial charge on any atom is -0.459 e. The highest BCUT2D eigenvalue weighted by molar-refractivity contribution is 7.94. The largest absolute Gasteiger partial charge is 0.459 e. The summed E-state index contributed by atoms with van der Waals surface area (Å²) in [6.45, 7) is 4.36. The smallest absolute Gasteiger partial charge is 0.323 e. The van der Waals surface area contributed by atoms with Crippen molar-refractivity contribution in [2.75, 3.05) is 9.58 Å². The maximum Gasteiger partial charge on any atom is 0.323 e. The van der Waals surface area contributed by atoms with Gasteiger partial charge in [0.25, 0.3) is 10.0 Å². The molecule has 0 unspecified atom stereocenters.